The average molecular weight is 227 g/mol. The van der Waals surface area contributed by atoms with Crippen LogP contribution in [0.5, 0.6) is 0 Å². The Bertz CT molecular complexity index is 82.5. The molecule has 0 aliphatic carbocycles. The summed E-state index contributed by atoms with van der Waals surface area (Å²) in [6, 6.07) is 0. The molecule has 1 unspecified atom stereocenters. The first-order chi connectivity index (χ1) is 3.68. The molecule has 0 aromatic carbocycles. The van der Waals surface area contributed by atoms with Crippen molar-refractivity contribution in [1.29, 1.82) is 0 Å². The van der Waals surface area contributed by atoms with Crippen molar-refractivity contribution in [2.45, 2.75) is 17.8 Å². The van der Waals surface area contributed by atoms with Gasteiger partial charge in [-0.2, -0.15) is 0 Å². The van der Waals surface area contributed by atoms with Gasteiger partial charge in [-0.05, 0) is 13.8 Å². The van der Waals surface area contributed by atoms with E-state index in [9.17, 15) is 4.79 Å². The smallest absolute Gasteiger partial charge is 0.232 e. The Hall–Kier alpha value is 0.200. The summed E-state index contributed by atoms with van der Waals surface area (Å²) in [7, 11) is 0. The summed E-state index contributed by atoms with van der Waals surface area (Å²) in [6.45, 7) is 4.51. The van der Waals surface area contributed by atoms with Crippen LogP contribution in [0.4, 0.5) is 0 Å². The topological polar surface area (TPSA) is 29.1 Å². The standard InChI is InChI=1S/C5H10INO/c1-3-7-5(8)4(2)6/h4H,3H2,1-2H3,(H,7,8). The summed E-state index contributed by atoms with van der Waals surface area (Å²) in [5.74, 6) is 0.119. The minimum absolute atomic E-state index is 0.0903. The quantitative estimate of drug-likeness (QED) is 0.552. The third kappa shape index (κ3) is 3.23. The Morgan fingerprint density at radius 3 is 2.50 bits per heavy atom. The fraction of sp³-hybridized carbons (Fsp3) is 0.800. The van der Waals surface area contributed by atoms with E-state index in [0.717, 1.165) is 6.54 Å². The van der Waals surface area contributed by atoms with E-state index in [4.69, 9.17) is 0 Å². The lowest BCUT2D eigenvalue weighted by atomic mass is 10.4. The summed E-state index contributed by atoms with van der Waals surface area (Å²) in [4.78, 5) is 10.6. The Labute approximate surface area is 63.2 Å². The Morgan fingerprint density at radius 2 is 2.38 bits per heavy atom. The first-order valence-corrected chi connectivity index (χ1v) is 3.84. The SMILES string of the molecule is CCNC(=O)C(C)I. The van der Waals surface area contributed by atoms with Gasteiger partial charge in [0.2, 0.25) is 5.91 Å². The first-order valence-electron chi connectivity index (χ1n) is 2.60. The molecule has 0 saturated heterocycles. The summed E-state index contributed by atoms with van der Waals surface area (Å²) in [5.41, 5.74) is 0. The fourth-order valence-corrected chi connectivity index (χ4v) is 0.535. The van der Waals surface area contributed by atoms with E-state index in [0.29, 0.717) is 0 Å². The van der Waals surface area contributed by atoms with E-state index in [1.54, 1.807) is 0 Å². The molecule has 8 heavy (non-hydrogen) atoms. The third-order valence-corrected chi connectivity index (χ3v) is 1.28. The van der Waals surface area contributed by atoms with Crippen LogP contribution in [0.1, 0.15) is 13.8 Å². The number of carbonyl (C=O) groups excluding carboxylic acids is 1. The molecule has 0 aromatic rings. The van der Waals surface area contributed by atoms with Gasteiger partial charge in [0.1, 0.15) is 0 Å². The zero-order chi connectivity index (χ0) is 6.57. The monoisotopic (exact) mass is 227 g/mol. The van der Waals surface area contributed by atoms with E-state index in [1.165, 1.54) is 0 Å². The maximum Gasteiger partial charge on any atom is 0.232 e. The van der Waals surface area contributed by atoms with Gasteiger partial charge in [-0.3, -0.25) is 4.79 Å². The molecular formula is C5H10INO. The Morgan fingerprint density at radius 1 is 1.88 bits per heavy atom. The number of nitrogens with one attached hydrogen (secondary N) is 1. The molecule has 0 rings (SSSR count). The highest BCUT2D eigenvalue weighted by molar-refractivity contribution is 14.1. The van der Waals surface area contributed by atoms with Crippen molar-refractivity contribution in [3.8, 4) is 0 Å². The minimum Gasteiger partial charge on any atom is -0.355 e. The van der Waals surface area contributed by atoms with Gasteiger partial charge in [0, 0.05) is 6.54 Å². The van der Waals surface area contributed by atoms with E-state index in [-0.39, 0.29) is 9.83 Å². The van der Waals surface area contributed by atoms with Crippen LogP contribution in [0.3, 0.4) is 0 Å². The lowest BCUT2D eigenvalue weighted by Gasteiger charge is -2.01. The van der Waals surface area contributed by atoms with E-state index in [1.807, 2.05) is 13.8 Å². The van der Waals surface area contributed by atoms with Gasteiger partial charge in [0.05, 0.1) is 3.92 Å². The zero-order valence-corrected chi connectivity index (χ0v) is 7.23. The minimum atomic E-state index is 0.0903. The number of hydrogen-bond donors (Lipinski definition) is 1. The van der Waals surface area contributed by atoms with Crippen LogP contribution >= 0.6 is 22.6 Å². The summed E-state index contributed by atoms with van der Waals surface area (Å²) in [6.07, 6.45) is 0. The second-order valence-corrected chi connectivity index (χ2v) is 3.38. The van der Waals surface area contributed by atoms with E-state index >= 15 is 0 Å². The molecular weight excluding hydrogens is 217 g/mol. The van der Waals surface area contributed by atoms with E-state index in [2.05, 4.69) is 27.9 Å². The van der Waals surface area contributed by atoms with E-state index < -0.39 is 0 Å². The fourth-order valence-electron chi connectivity index (χ4n) is 0.315. The predicted octanol–water partition coefficient (Wildman–Crippen LogP) is 0.946. The number of halogens is 1. The maximum absolute atomic E-state index is 10.6. The molecule has 0 aliphatic rings. The molecule has 0 fully saturated rings. The highest BCUT2D eigenvalue weighted by Crippen LogP contribution is 1.95. The molecule has 0 radical (unpaired) electrons. The molecule has 48 valence electrons. The van der Waals surface area contributed by atoms with Gasteiger partial charge in [-0.25, -0.2) is 0 Å². The summed E-state index contributed by atoms with van der Waals surface area (Å²) >= 11 is 2.08. The molecule has 1 amide bonds. The molecule has 0 aliphatic heterocycles. The molecule has 0 spiro atoms. The summed E-state index contributed by atoms with van der Waals surface area (Å²) in [5, 5.41) is 2.70. The number of hydrogen-bond acceptors (Lipinski definition) is 1. The van der Waals surface area contributed by atoms with Crippen LogP contribution in [-0.4, -0.2) is 16.4 Å². The molecule has 0 heterocycles. The Kier molecular flexibility index (Phi) is 4.22. The van der Waals surface area contributed by atoms with Gasteiger partial charge in [0.15, 0.2) is 0 Å². The van der Waals surface area contributed by atoms with Crippen molar-refractivity contribution in [2.75, 3.05) is 6.54 Å². The first kappa shape index (κ1) is 8.20. The number of rotatable bonds is 2. The lowest BCUT2D eigenvalue weighted by molar-refractivity contribution is -0.119. The van der Waals surface area contributed by atoms with Gasteiger partial charge >= 0.3 is 0 Å². The highest BCUT2D eigenvalue weighted by atomic mass is 127. The van der Waals surface area contributed by atoms with Crippen molar-refractivity contribution in [2.24, 2.45) is 0 Å². The Balaban J connectivity index is 3.33. The second-order valence-electron chi connectivity index (χ2n) is 1.51. The predicted molar refractivity (Wildman–Crippen MR) is 42.2 cm³/mol. The van der Waals surface area contributed by atoms with Crippen LogP contribution in [0.25, 0.3) is 0 Å². The van der Waals surface area contributed by atoms with Crippen LogP contribution < -0.4 is 5.32 Å². The van der Waals surface area contributed by atoms with Crippen molar-refractivity contribution in [3.63, 3.8) is 0 Å². The van der Waals surface area contributed by atoms with Gasteiger partial charge in [-0.15, -0.1) is 0 Å². The number of alkyl halides is 1. The van der Waals surface area contributed by atoms with Crippen molar-refractivity contribution in [1.82, 2.24) is 5.32 Å². The molecule has 3 heteroatoms. The molecule has 0 aromatic heterocycles. The zero-order valence-electron chi connectivity index (χ0n) is 5.07. The highest BCUT2D eigenvalue weighted by Gasteiger charge is 2.04. The normalized spacial score (nSPS) is 12.9. The van der Waals surface area contributed by atoms with Crippen LogP contribution in [0.2, 0.25) is 0 Å². The average Bonchev–Trinajstić information content (AvgIpc) is 1.67. The van der Waals surface area contributed by atoms with Gasteiger partial charge < -0.3 is 5.32 Å². The lowest BCUT2D eigenvalue weighted by Crippen LogP contribution is -2.28. The second kappa shape index (κ2) is 4.12. The van der Waals surface area contributed by atoms with Crippen molar-refractivity contribution in [3.05, 3.63) is 0 Å². The largest absolute Gasteiger partial charge is 0.355 e. The maximum atomic E-state index is 10.6. The van der Waals surface area contributed by atoms with Crippen molar-refractivity contribution < 1.29 is 4.79 Å². The number of amides is 1. The number of carbonyl (C=O) groups is 1. The van der Waals surface area contributed by atoms with Crippen molar-refractivity contribution >= 4 is 28.5 Å². The van der Waals surface area contributed by atoms with Gasteiger partial charge in [0.25, 0.3) is 0 Å². The summed E-state index contributed by atoms with van der Waals surface area (Å²) < 4.78 is 0.0903. The molecule has 1 atom stereocenters. The molecule has 1 N–H and O–H groups in total. The van der Waals surface area contributed by atoms with Crippen LogP contribution in [0, 0.1) is 0 Å². The molecule has 0 saturated carbocycles. The van der Waals surface area contributed by atoms with Crippen LogP contribution in [0.15, 0.2) is 0 Å². The van der Waals surface area contributed by atoms with Crippen LogP contribution in [-0.2, 0) is 4.79 Å². The molecule has 2 nitrogen and oxygen atoms in total. The third-order valence-electron chi connectivity index (χ3n) is 0.712. The van der Waals surface area contributed by atoms with Gasteiger partial charge in [-0.1, -0.05) is 22.6 Å². The molecule has 0 bridgehead atoms.